The second kappa shape index (κ2) is 11.3. The minimum atomic E-state index is -1.02. The number of carboxylic acids is 2. The Hall–Kier alpha value is -5.16. The Morgan fingerprint density at radius 2 is 1.29 bits per heavy atom. The maximum atomic E-state index is 11.5. The van der Waals surface area contributed by atoms with Crippen LogP contribution < -0.4 is 5.32 Å². The number of carbonyl (C=O) groups is 5. The van der Waals surface area contributed by atoms with Crippen LogP contribution in [0.5, 0.6) is 0 Å². The van der Waals surface area contributed by atoms with Crippen molar-refractivity contribution in [2.45, 2.75) is 0 Å². The summed E-state index contributed by atoms with van der Waals surface area (Å²) in [6.07, 6.45) is 2.07. The van der Waals surface area contributed by atoms with Crippen molar-refractivity contribution in [2.75, 3.05) is 0 Å². The lowest BCUT2D eigenvalue weighted by Gasteiger charge is -1.99. The number of carbonyl (C=O) groups excluding carboxylic acids is 3. The summed E-state index contributed by atoms with van der Waals surface area (Å²) in [5.41, 5.74) is 1.59. The lowest BCUT2D eigenvalue weighted by Crippen LogP contribution is -2.17. The van der Waals surface area contributed by atoms with Crippen molar-refractivity contribution < 1.29 is 43.0 Å². The minimum Gasteiger partial charge on any atom is -0.478 e. The van der Waals surface area contributed by atoms with Crippen LogP contribution in [0.1, 0.15) is 37.0 Å². The fraction of sp³-hybridized carbons (Fsp3) is 0. The number of aldehydes is 1. The first-order chi connectivity index (χ1) is 18.2. The molecule has 0 unspecified atom stereocenters. The van der Waals surface area contributed by atoms with E-state index >= 15 is 0 Å². The summed E-state index contributed by atoms with van der Waals surface area (Å²) >= 11 is 0.804. The first-order valence-corrected chi connectivity index (χ1v) is 11.6. The highest BCUT2D eigenvalue weighted by Crippen LogP contribution is 2.29. The molecule has 0 radical (unpaired) electrons. The number of furan rings is 2. The third kappa shape index (κ3) is 6.15. The van der Waals surface area contributed by atoms with Crippen molar-refractivity contribution in [1.82, 2.24) is 5.32 Å². The van der Waals surface area contributed by atoms with E-state index in [4.69, 9.17) is 19.0 Å². The van der Waals surface area contributed by atoms with Gasteiger partial charge in [0.1, 0.15) is 17.3 Å². The van der Waals surface area contributed by atoms with Crippen LogP contribution in [0.3, 0.4) is 0 Å². The number of amides is 2. The fourth-order valence-corrected chi connectivity index (χ4v) is 3.98. The molecule has 2 aromatic heterocycles. The van der Waals surface area contributed by atoms with E-state index in [-0.39, 0.29) is 21.8 Å². The zero-order valence-electron chi connectivity index (χ0n) is 19.2. The predicted octanol–water partition coefficient (Wildman–Crippen LogP) is 5.43. The number of thioether (sulfide) groups is 1. The first-order valence-electron chi connectivity index (χ1n) is 10.8. The van der Waals surface area contributed by atoms with Crippen molar-refractivity contribution in [3.05, 3.63) is 100 Å². The number of imide groups is 1. The van der Waals surface area contributed by atoms with E-state index in [2.05, 4.69) is 5.32 Å². The number of carboxylic acid groups (broad SMARTS) is 2. The molecule has 5 rings (SSSR count). The Balaban J connectivity index is 0.000000186. The molecule has 1 aliphatic rings. The summed E-state index contributed by atoms with van der Waals surface area (Å²) in [5.74, 6) is -0.896. The molecule has 1 saturated heterocycles. The van der Waals surface area contributed by atoms with Gasteiger partial charge in [-0.05, 0) is 60.3 Å². The number of hydrogen-bond acceptors (Lipinski definition) is 8. The lowest BCUT2D eigenvalue weighted by atomic mass is 10.1. The predicted molar refractivity (Wildman–Crippen MR) is 137 cm³/mol. The normalized spacial score (nSPS) is 13.5. The van der Waals surface area contributed by atoms with Gasteiger partial charge in [0.15, 0.2) is 12.0 Å². The number of benzene rings is 2. The molecule has 3 heterocycles. The molecular formula is C27H17NO9S. The van der Waals surface area contributed by atoms with Gasteiger partial charge in [0.05, 0.1) is 16.0 Å². The van der Waals surface area contributed by atoms with Crippen LogP contribution >= 0.6 is 11.8 Å². The smallest absolute Gasteiger partial charge is 0.335 e. The molecule has 10 nitrogen and oxygen atoms in total. The van der Waals surface area contributed by atoms with Crippen LogP contribution in [0.15, 0.2) is 86.5 Å². The summed E-state index contributed by atoms with van der Waals surface area (Å²) in [5, 5.41) is 19.5. The van der Waals surface area contributed by atoms with E-state index in [1.54, 1.807) is 42.5 Å². The van der Waals surface area contributed by atoms with Gasteiger partial charge in [-0.25, -0.2) is 9.59 Å². The number of hydrogen-bond donors (Lipinski definition) is 3. The molecule has 38 heavy (non-hydrogen) atoms. The van der Waals surface area contributed by atoms with E-state index in [1.807, 2.05) is 0 Å². The molecule has 0 aliphatic carbocycles. The van der Waals surface area contributed by atoms with Crippen LogP contribution in [0, 0.1) is 0 Å². The van der Waals surface area contributed by atoms with Crippen LogP contribution in [0.25, 0.3) is 28.7 Å². The van der Waals surface area contributed by atoms with Crippen LogP contribution in [0.2, 0.25) is 0 Å². The summed E-state index contributed by atoms with van der Waals surface area (Å²) in [7, 11) is 0. The molecule has 3 N–H and O–H groups in total. The maximum Gasteiger partial charge on any atom is 0.335 e. The molecule has 190 valence electrons. The summed E-state index contributed by atoms with van der Waals surface area (Å²) in [6.45, 7) is 0. The number of aromatic carboxylic acids is 2. The minimum absolute atomic E-state index is 0.158. The number of rotatable bonds is 6. The Labute approximate surface area is 218 Å². The zero-order valence-corrected chi connectivity index (χ0v) is 20.1. The van der Waals surface area contributed by atoms with Crippen molar-refractivity contribution >= 4 is 47.2 Å². The van der Waals surface area contributed by atoms with E-state index in [1.165, 1.54) is 36.4 Å². The van der Waals surface area contributed by atoms with Gasteiger partial charge in [-0.3, -0.25) is 19.7 Å². The van der Waals surface area contributed by atoms with Crippen LogP contribution in [0.4, 0.5) is 4.79 Å². The first kappa shape index (κ1) is 25.9. The molecular weight excluding hydrogens is 514 g/mol. The van der Waals surface area contributed by atoms with Gasteiger partial charge in [0.2, 0.25) is 0 Å². The monoisotopic (exact) mass is 531 g/mol. The van der Waals surface area contributed by atoms with Gasteiger partial charge in [0.25, 0.3) is 11.1 Å². The van der Waals surface area contributed by atoms with Gasteiger partial charge in [-0.1, -0.05) is 24.3 Å². The van der Waals surface area contributed by atoms with Gasteiger partial charge in [-0.15, -0.1) is 0 Å². The average molecular weight is 531 g/mol. The third-order valence-electron chi connectivity index (χ3n) is 5.07. The Bertz CT molecular complexity index is 1600. The fourth-order valence-electron chi connectivity index (χ4n) is 3.32. The second-order valence-electron chi connectivity index (χ2n) is 7.65. The lowest BCUT2D eigenvalue weighted by molar-refractivity contribution is -0.115. The molecule has 0 bridgehead atoms. The third-order valence-corrected chi connectivity index (χ3v) is 5.88. The molecule has 0 spiro atoms. The topological polar surface area (TPSA) is 164 Å². The van der Waals surface area contributed by atoms with Crippen molar-refractivity contribution in [3.63, 3.8) is 0 Å². The highest BCUT2D eigenvalue weighted by molar-refractivity contribution is 8.18. The Morgan fingerprint density at radius 1 is 0.763 bits per heavy atom. The Morgan fingerprint density at radius 3 is 1.74 bits per heavy atom. The highest BCUT2D eigenvalue weighted by atomic mass is 32.2. The van der Waals surface area contributed by atoms with Gasteiger partial charge in [0, 0.05) is 17.2 Å². The van der Waals surface area contributed by atoms with Crippen LogP contribution in [-0.4, -0.2) is 39.6 Å². The van der Waals surface area contributed by atoms with Crippen molar-refractivity contribution in [3.8, 4) is 22.6 Å². The zero-order chi connectivity index (χ0) is 27.2. The van der Waals surface area contributed by atoms with Gasteiger partial charge in [-0.2, -0.15) is 0 Å². The Kier molecular flexibility index (Phi) is 7.69. The van der Waals surface area contributed by atoms with Gasteiger partial charge < -0.3 is 19.0 Å². The average Bonchev–Trinajstić information content (AvgIpc) is 3.65. The quantitative estimate of drug-likeness (QED) is 0.216. The van der Waals surface area contributed by atoms with Gasteiger partial charge >= 0.3 is 11.9 Å². The van der Waals surface area contributed by atoms with E-state index in [0.717, 1.165) is 11.8 Å². The molecule has 0 atom stereocenters. The van der Waals surface area contributed by atoms with E-state index in [9.17, 15) is 24.0 Å². The molecule has 11 heteroatoms. The van der Waals surface area contributed by atoms with E-state index < -0.39 is 23.1 Å². The standard InChI is InChI=1S/C15H9NO5S.C12H8O4/c17-13-12(22-15(20)16-13)7-10-4-5-11(21-10)8-2-1-3-9(6-8)14(18)19;13-7-10-4-5-11(16-10)8-2-1-3-9(6-8)12(14)15/h1-7H,(H,18,19)(H,16,17,20);1-7H,(H,14,15)/b12-7-;. The summed E-state index contributed by atoms with van der Waals surface area (Å²) in [4.78, 5) is 55.0. The molecule has 2 aromatic carbocycles. The molecule has 2 amide bonds. The molecule has 1 fully saturated rings. The summed E-state index contributed by atoms with van der Waals surface area (Å²) in [6, 6.07) is 19.2. The largest absolute Gasteiger partial charge is 0.478 e. The highest BCUT2D eigenvalue weighted by Gasteiger charge is 2.25. The van der Waals surface area contributed by atoms with Crippen LogP contribution in [-0.2, 0) is 4.79 Å². The maximum absolute atomic E-state index is 11.5. The van der Waals surface area contributed by atoms with Crippen molar-refractivity contribution in [2.24, 2.45) is 0 Å². The van der Waals surface area contributed by atoms with Crippen molar-refractivity contribution in [1.29, 1.82) is 0 Å². The molecule has 0 saturated carbocycles. The second-order valence-corrected chi connectivity index (χ2v) is 8.66. The molecule has 1 aliphatic heterocycles. The SMILES string of the molecule is O=C1NC(=O)/C(=C/c2ccc(-c3cccc(C(=O)O)c3)o2)S1.O=Cc1ccc(-c2cccc(C(=O)O)c2)o1. The summed E-state index contributed by atoms with van der Waals surface area (Å²) < 4.78 is 10.8. The van der Waals surface area contributed by atoms with E-state index in [0.29, 0.717) is 34.7 Å². The molecule has 4 aromatic rings. The number of nitrogens with one attached hydrogen (secondary N) is 1.